The highest BCUT2D eigenvalue weighted by molar-refractivity contribution is 7.92. The molecule has 1 aromatic heterocycles. The summed E-state index contributed by atoms with van der Waals surface area (Å²) in [6.07, 6.45) is -0.349. The number of anilines is 1. The smallest absolute Gasteiger partial charge is 0.320 e. The summed E-state index contributed by atoms with van der Waals surface area (Å²) in [6, 6.07) is 15.8. The molecule has 1 aliphatic rings. The Morgan fingerprint density at radius 2 is 1.73 bits per heavy atom. The topological polar surface area (TPSA) is 146 Å². The van der Waals surface area contributed by atoms with Crippen LogP contribution < -0.4 is 14.4 Å². The first-order valence-electron chi connectivity index (χ1n) is 16.3. The van der Waals surface area contributed by atoms with Gasteiger partial charge in [0, 0.05) is 43.3 Å². The molecular formula is C36H42FN3O10S. The fourth-order valence-corrected chi connectivity index (χ4v) is 6.60. The van der Waals surface area contributed by atoms with E-state index in [4.69, 9.17) is 28.1 Å². The van der Waals surface area contributed by atoms with Crippen LogP contribution in [0.1, 0.15) is 28.9 Å². The number of rotatable bonds is 15. The van der Waals surface area contributed by atoms with E-state index < -0.39 is 34.1 Å². The number of hydrogen-bond donors (Lipinski definition) is 1. The molecule has 5 rings (SSSR count). The lowest BCUT2D eigenvalue weighted by Crippen LogP contribution is -2.39. The number of halogens is 1. The molecule has 3 aromatic carbocycles. The van der Waals surface area contributed by atoms with Crippen molar-refractivity contribution in [1.82, 2.24) is 10.2 Å². The lowest BCUT2D eigenvalue weighted by molar-refractivity contribution is -0.150. The number of sulfonamides is 1. The largest absolute Gasteiger partial charge is 0.462 e. The van der Waals surface area contributed by atoms with E-state index >= 15 is 0 Å². The van der Waals surface area contributed by atoms with E-state index in [2.05, 4.69) is 5.32 Å². The second kappa shape index (κ2) is 16.7. The van der Waals surface area contributed by atoms with Gasteiger partial charge in [-0.1, -0.05) is 0 Å². The summed E-state index contributed by atoms with van der Waals surface area (Å²) in [7, 11) is 1.02. The minimum Gasteiger partial charge on any atom is -0.462 e. The van der Waals surface area contributed by atoms with Crippen LogP contribution >= 0.6 is 0 Å². The number of amides is 1. The Morgan fingerprint density at radius 3 is 2.37 bits per heavy atom. The molecule has 0 unspecified atom stereocenters. The predicted octanol–water partition coefficient (Wildman–Crippen LogP) is 4.75. The minimum absolute atomic E-state index is 0.0108. The van der Waals surface area contributed by atoms with Gasteiger partial charge in [-0.05, 0) is 68.6 Å². The summed E-state index contributed by atoms with van der Waals surface area (Å²) >= 11 is 0. The number of hydrogen-bond acceptors (Lipinski definition) is 11. The minimum atomic E-state index is -3.85. The van der Waals surface area contributed by atoms with Gasteiger partial charge in [-0.15, -0.1) is 0 Å². The zero-order chi connectivity index (χ0) is 36.7. The van der Waals surface area contributed by atoms with Crippen LogP contribution in [0.15, 0.2) is 65.1 Å². The zero-order valence-corrected chi connectivity index (χ0v) is 30.0. The van der Waals surface area contributed by atoms with Gasteiger partial charge in [0.15, 0.2) is 0 Å². The molecular weight excluding hydrogens is 685 g/mol. The molecule has 0 bridgehead atoms. The Hall–Kier alpha value is -4.54. The molecule has 15 heteroatoms. The fraction of sp³-hybridized carbons (Fsp3) is 0.389. The van der Waals surface area contributed by atoms with Crippen molar-refractivity contribution in [2.45, 2.75) is 19.1 Å². The summed E-state index contributed by atoms with van der Waals surface area (Å²) < 4.78 is 75.1. The first kappa shape index (κ1) is 37.7. The Morgan fingerprint density at radius 1 is 1.04 bits per heavy atom. The number of carbonyl (C=O) groups is 2. The highest BCUT2D eigenvalue weighted by Gasteiger charge is 2.34. The lowest BCUT2D eigenvalue weighted by Gasteiger charge is -2.25. The van der Waals surface area contributed by atoms with Gasteiger partial charge in [-0.3, -0.25) is 18.8 Å². The van der Waals surface area contributed by atoms with E-state index in [0.29, 0.717) is 60.1 Å². The fourth-order valence-electron chi connectivity index (χ4n) is 5.65. The van der Waals surface area contributed by atoms with Crippen molar-refractivity contribution in [1.29, 1.82) is 0 Å². The first-order chi connectivity index (χ1) is 24.4. The molecule has 51 heavy (non-hydrogen) atoms. The molecule has 2 heterocycles. The Kier molecular flexibility index (Phi) is 12.3. The van der Waals surface area contributed by atoms with Crippen LogP contribution in [0.5, 0.6) is 11.5 Å². The second-order valence-corrected chi connectivity index (χ2v) is 14.0. The van der Waals surface area contributed by atoms with Crippen LogP contribution in [-0.2, 0) is 33.8 Å². The van der Waals surface area contributed by atoms with Crippen LogP contribution in [0.3, 0.4) is 0 Å². The van der Waals surface area contributed by atoms with E-state index in [0.717, 1.165) is 6.26 Å². The monoisotopic (exact) mass is 727 g/mol. The van der Waals surface area contributed by atoms with Gasteiger partial charge in [-0.25, -0.2) is 12.8 Å². The third kappa shape index (κ3) is 9.42. The number of carbonyl (C=O) groups excluding carboxylic acids is 2. The third-order valence-electron chi connectivity index (χ3n) is 8.21. The Balaban J connectivity index is 1.38. The average Bonchev–Trinajstić information content (AvgIpc) is 3.40. The summed E-state index contributed by atoms with van der Waals surface area (Å²) in [5.74, 6) is -0.0641. The summed E-state index contributed by atoms with van der Waals surface area (Å²) in [6.45, 7) is 3.34. The van der Waals surface area contributed by atoms with Crippen molar-refractivity contribution in [2.75, 3.05) is 77.8 Å². The first-order valence-corrected chi connectivity index (χ1v) is 18.1. The molecule has 0 fully saturated rings. The maximum absolute atomic E-state index is 13.3. The van der Waals surface area contributed by atoms with Crippen LogP contribution in [0.25, 0.3) is 22.3 Å². The quantitative estimate of drug-likeness (QED) is 0.134. The highest BCUT2D eigenvalue weighted by atomic mass is 32.2. The normalized spacial score (nSPS) is 16.2. The maximum atomic E-state index is 13.3. The molecule has 274 valence electrons. The van der Waals surface area contributed by atoms with Crippen LogP contribution in [0.2, 0.25) is 0 Å². The highest BCUT2D eigenvalue weighted by Crippen LogP contribution is 2.42. The molecule has 1 N–H and O–H groups in total. The number of furan rings is 1. The second-order valence-electron chi connectivity index (χ2n) is 12.1. The number of fused-ring (bicyclic) bond motifs is 2. The molecule has 0 radical (unpaired) electrons. The molecule has 0 aliphatic carbocycles. The number of likely N-dealkylation sites (N-methyl/N-ethyl adjacent to an activating group) is 1. The number of benzene rings is 3. The molecule has 0 spiro atoms. The van der Waals surface area contributed by atoms with Crippen molar-refractivity contribution in [3.63, 3.8) is 0 Å². The maximum Gasteiger partial charge on any atom is 0.320 e. The van der Waals surface area contributed by atoms with Crippen LogP contribution in [0, 0.1) is 5.82 Å². The van der Waals surface area contributed by atoms with E-state index in [9.17, 15) is 22.4 Å². The number of ether oxygens (including phenoxy) is 5. The molecule has 2 atom stereocenters. The predicted molar refractivity (Wildman–Crippen MR) is 188 cm³/mol. The summed E-state index contributed by atoms with van der Waals surface area (Å²) in [4.78, 5) is 27.7. The van der Waals surface area contributed by atoms with Crippen molar-refractivity contribution < 1.29 is 50.5 Å². The molecule has 1 amide bonds. The summed E-state index contributed by atoms with van der Waals surface area (Å²) in [5.41, 5.74) is 1.95. The van der Waals surface area contributed by atoms with Crippen molar-refractivity contribution in [3.05, 3.63) is 77.6 Å². The van der Waals surface area contributed by atoms with E-state index in [1.165, 1.54) is 35.6 Å². The van der Waals surface area contributed by atoms with Gasteiger partial charge in [0.05, 0.1) is 56.5 Å². The van der Waals surface area contributed by atoms with E-state index in [-0.39, 0.29) is 42.4 Å². The SMILES string of the molecule is CNC(=O)c1c(-c2ccc(Oc3ccc(F)cc3)cc2)oc2cc3c(cc12)[C@H](C)O[C@H](COC(=O)CN(C)CCOCCOC)CN3S(C)(=O)=O. The molecule has 4 aromatic rings. The van der Waals surface area contributed by atoms with Crippen molar-refractivity contribution in [3.8, 4) is 22.8 Å². The Labute approximate surface area is 296 Å². The van der Waals surface area contributed by atoms with Crippen LogP contribution in [0.4, 0.5) is 10.1 Å². The Bertz CT molecular complexity index is 1930. The molecule has 0 saturated carbocycles. The zero-order valence-electron chi connectivity index (χ0n) is 29.1. The van der Waals surface area contributed by atoms with Gasteiger partial charge in [0.25, 0.3) is 5.91 Å². The van der Waals surface area contributed by atoms with E-state index in [1.54, 1.807) is 62.4 Å². The summed E-state index contributed by atoms with van der Waals surface area (Å²) in [5, 5.41) is 3.12. The van der Waals surface area contributed by atoms with Crippen molar-refractivity contribution >= 4 is 38.6 Å². The van der Waals surface area contributed by atoms with Crippen molar-refractivity contribution in [2.24, 2.45) is 0 Å². The van der Waals surface area contributed by atoms with Gasteiger partial charge in [-0.2, -0.15) is 0 Å². The van der Waals surface area contributed by atoms with Gasteiger partial charge in [0.2, 0.25) is 10.0 Å². The standard InChI is InChI=1S/C36H42FN3O10S/c1-23-29-18-30-32(50-35(34(30)36(42)38-2)24-6-10-26(11-7-24)49-27-12-8-25(37)9-13-27)19-31(29)40(51(5,43)44)20-28(48-23)22-47-33(41)21-39(3)14-15-46-17-16-45-4/h6-13,18-19,23,28H,14-17,20-22H2,1-5H3,(H,38,42)/t23-,28-/m0/s1. The molecule has 13 nitrogen and oxygen atoms in total. The number of methoxy groups -OCH3 is 1. The lowest BCUT2D eigenvalue weighted by atomic mass is 10.0. The number of nitrogens with one attached hydrogen (secondary N) is 1. The van der Waals surface area contributed by atoms with Gasteiger partial charge in [0.1, 0.15) is 41.4 Å². The molecule has 1 aliphatic heterocycles. The molecule has 0 saturated heterocycles. The van der Waals surface area contributed by atoms with Gasteiger partial charge < -0.3 is 33.4 Å². The third-order valence-corrected chi connectivity index (χ3v) is 9.36. The average molecular weight is 728 g/mol. The van der Waals surface area contributed by atoms with Gasteiger partial charge >= 0.3 is 5.97 Å². The van der Waals surface area contributed by atoms with Crippen LogP contribution in [-0.4, -0.2) is 105 Å². The number of nitrogens with zero attached hydrogens (tertiary/aromatic N) is 2. The van der Waals surface area contributed by atoms with E-state index in [1.807, 2.05) is 0 Å². The number of esters is 1.